The van der Waals surface area contributed by atoms with Crippen LogP contribution in [-0.4, -0.2) is 31.1 Å². The van der Waals surface area contributed by atoms with E-state index in [4.69, 9.17) is 19.9 Å². The molecule has 1 aromatic rings. The van der Waals surface area contributed by atoms with Crippen LogP contribution in [0, 0.1) is 33.5 Å². The van der Waals surface area contributed by atoms with Crippen molar-refractivity contribution in [2.45, 2.75) is 31.8 Å². The van der Waals surface area contributed by atoms with E-state index in [1.807, 2.05) is 38.1 Å². The topological polar surface area (TPSA) is 115 Å². The number of nitrogens with zero attached hydrogens (tertiary/aromatic N) is 2. The molecule has 0 aromatic heterocycles. The molecule has 25 heavy (non-hydrogen) atoms. The lowest BCUT2D eigenvalue weighted by Gasteiger charge is -2.24. The van der Waals surface area contributed by atoms with Gasteiger partial charge in [-0.1, -0.05) is 12.1 Å². The van der Waals surface area contributed by atoms with Crippen molar-refractivity contribution in [1.29, 1.82) is 10.5 Å². The van der Waals surface area contributed by atoms with Gasteiger partial charge in [0.25, 0.3) is 5.84 Å². The van der Waals surface area contributed by atoms with Crippen molar-refractivity contribution in [3.8, 4) is 17.9 Å². The van der Waals surface area contributed by atoms with E-state index in [9.17, 15) is 10.5 Å². The second-order valence-corrected chi connectivity index (χ2v) is 6.67. The van der Waals surface area contributed by atoms with Crippen molar-refractivity contribution in [1.82, 2.24) is 0 Å². The molecule has 7 nitrogen and oxygen atoms in total. The lowest BCUT2D eigenvalue weighted by molar-refractivity contribution is -0.677. The average molecular weight is 339 g/mol. The average Bonchev–Trinajstić information content (AvgIpc) is 3.00. The van der Waals surface area contributed by atoms with Crippen molar-refractivity contribution >= 4 is 5.84 Å². The quantitative estimate of drug-likeness (QED) is 0.784. The Hall–Kier alpha value is -2.61. The molecule has 1 saturated carbocycles. The normalized spacial score (nSPS) is 40.9. The summed E-state index contributed by atoms with van der Waals surface area (Å²) in [6, 6.07) is 12.0. The molecule has 0 amide bonds. The van der Waals surface area contributed by atoms with Crippen molar-refractivity contribution < 1.29 is 19.2 Å². The first kappa shape index (κ1) is 15.9. The molecule has 2 fully saturated rings. The van der Waals surface area contributed by atoms with Crippen LogP contribution in [0.3, 0.4) is 0 Å². The number of hydrogen-bond acceptors (Lipinski definition) is 6. The van der Waals surface area contributed by atoms with Crippen LogP contribution >= 0.6 is 0 Å². The van der Waals surface area contributed by atoms with Crippen molar-refractivity contribution in [2.24, 2.45) is 16.6 Å². The Morgan fingerprint density at radius 3 is 2.56 bits per heavy atom. The molecule has 2 aliphatic heterocycles. The molecule has 0 radical (unpaired) electrons. The maximum absolute atomic E-state index is 10.1. The summed E-state index contributed by atoms with van der Waals surface area (Å²) in [6.45, 7) is 4.68. The summed E-state index contributed by atoms with van der Waals surface area (Å²) in [5, 5.41) is 20.0. The summed E-state index contributed by atoms with van der Waals surface area (Å²) < 4.78 is 17.2. The zero-order chi connectivity index (χ0) is 17.9. The standard InChI is InChI=1S/C18H18N4O3/c1-3-23-13-6-4-12(5-7-13)14-16(9-19)15(21)22-18(17(14,16)10-20)24-8-11(2)25-18/h4-7,11,14H,3,8H2,1-2H3,(H2,21,22)/p+1/t11-,14+,16+,17+,18+/m0/s1. The van der Waals surface area contributed by atoms with E-state index in [-0.39, 0.29) is 11.9 Å². The number of ether oxygens (including phenoxy) is 3. The molecular weight excluding hydrogens is 320 g/mol. The van der Waals surface area contributed by atoms with Crippen LogP contribution in [0.1, 0.15) is 25.3 Å². The Labute approximate surface area is 145 Å². The van der Waals surface area contributed by atoms with Gasteiger partial charge in [-0.2, -0.15) is 10.5 Å². The number of rotatable bonds is 3. The highest BCUT2D eigenvalue weighted by molar-refractivity contribution is 5.95. The number of benzene rings is 1. The second-order valence-electron chi connectivity index (χ2n) is 6.67. The molecule has 1 spiro atoms. The van der Waals surface area contributed by atoms with Crippen molar-refractivity contribution in [2.75, 3.05) is 13.2 Å². The maximum Gasteiger partial charge on any atom is 0.343 e. The fourth-order valence-corrected chi connectivity index (χ4v) is 4.39. The molecule has 4 rings (SSSR count). The van der Waals surface area contributed by atoms with Crippen LogP contribution in [0.15, 0.2) is 24.3 Å². The predicted octanol–water partition coefficient (Wildman–Crippen LogP) is -0.257. The molecule has 0 bridgehead atoms. The summed E-state index contributed by atoms with van der Waals surface area (Å²) in [5.74, 6) is -0.854. The van der Waals surface area contributed by atoms with E-state index in [1.54, 1.807) is 0 Å². The van der Waals surface area contributed by atoms with Gasteiger partial charge in [-0.15, -0.1) is 0 Å². The fourth-order valence-electron chi connectivity index (χ4n) is 4.39. The van der Waals surface area contributed by atoms with Gasteiger partial charge in [0.05, 0.1) is 31.5 Å². The first-order valence-corrected chi connectivity index (χ1v) is 8.29. The van der Waals surface area contributed by atoms with E-state index in [0.29, 0.717) is 13.2 Å². The molecular formula is C18H19N4O3+. The van der Waals surface area contributed by atoms with Crippen molar-refractivity contribution in [3.05, 3.63) is 29.8 Å². The van der Waals surface area contributed by atoms with Gasteiger partial charge >= 0.3 is 5.91 Å². The number of nitrogens with two attached hydrogens (primary N) is 1. The highest BCUT2D eigenvalue weighted by Gasteiger charge is 2.97. The highest BCUT2D eigenvalue weighted by atomic mass is 16.8. The zero-order valence-electron chi connectivity index (χ0n) is 14.1. The van der Waals surface area contributed by atoms with Gasteiger partial charge in [0.1, 0.15) is 5.75 Å². The molecule has 128 valence electrons. The van der Waals surface area contributed by atoms with Crippen LogP contribution in [0.25, 0.3) is 0 Å². The minimum Gasteiger partial charge on any atom is -0.494 e. The van der Waals surface area contributed by atoms with E-state index >= 15 is 0 Å². The van der Waals surface area contributed by atoms with Gasteiger partial charge in [0.2, 0.25) is 0 Å². The number of hydrogen-bond donors (Lipinski definition) is 2. The maximum atomic E-state index is 10.1. The first-order chi connectivity index (χ1) is 12.0. The third kappa shape index (κ3) is 1.62. The van der Waals surface area contributed by atoms with Gasteiger partial charge in [-0.05, 0) is 31.5 Å². The number of fused-ring (bicyclic) bond motifs is 2. The van der Waals surface area contributed by atoms with Crippen LogP contribution in [0.5, 0.6) is 5.75 Å². The van der Waals surface area contributed by atoms with Crippen molar-refractivity contribution in [3.63, 3.8) is 0 Å². The summed E-state index contributed by atoms with van der Waals surface area (Å²) >= 11 is 0. The Balaban J connectivity index is 1.81. The molecule has 0 unspecified atom stereocenters. The van der Waals surface area contributed by atoms with Gasteiger partial charge in [0, 0.05) is 5.92 Å². The lowest BCUT2D eigenvalue weighted by Crippen LogP contribution is -2.90. The Kier molecular flexibility index (Phi) is 3.15. The molecule has 1 aliphatic carbocycles. The van der Waals surface area contributed by atoms with Gasteiger partial charge < -0.3 is 14.2 Å². The number of nitriles is 2. The third-order valence-corrected chi connectivity index (χ3v) is 5.41. The Morgan fingerprint density at radius 2 is 2.04 bits per heavy atom. The fraction of sp³-hybridized carbons (Fsp3) is 0.500. The molecule has 2 heterocycles. The van der Waals surface area contributed by atoms with Gasteiger partial charge in [-0.3, -0.25) is 5.73 Å². The molecule has 7 heteroatoms. The Morgan fingerprint density at radius 1 is 1.32 bits per heavy atom. The first-order valence-electron chi connectivity index (χ1n) is 8.29. The predicted molar refractivity (Wildman–Crippen MR) is 85.8 cm³/mol. The van der Waals surface area contributed by atoms with Crippen LogP contribution in [0.4, 0.5) is 0 Å². The molecule has 3 aliphatic rings. The number of amidine groups is 1. The van der Waals surface area contributed by atoms with E-state index < -0.39 is 22.7 Å². The van der Waals surface area contributed by atoms with E-state index in [2.05, 4.69) is 17.1 Å². The zero-order valence-corrected chi connectivity index (χ0v) is 14.1. The summed E-state index contributed by atoms with van der Waals surface area (Å²) in [5.41, 5.74) is 4.61. The number of nitrogens with one attached hydrogen (secondary N) is 1. The van der Waals surface area contributed by atoms with Crippen LogP contribution in [-0.2, 0) is 9.47 Å². The van der Waals surface area contributed by atoms with E-state index in [1.165, 1.54) is 0 Å². The third-order valence-electron chi connectivity index (χ3n) is 5.41. The highest BCUT2D eigenvalue weighted by Crippen LogP contribution is 2.79. The minimum absolute atomic E-state index is 0.193. The van der Waals surface area contributed by atoms with Gasteiger partial charge in [0.15, 0.2) is 10.8 Å². The SMILES string of the molecule is CCOc1ccc([C@H]2[C@@]3(C#N)[C@@]4([NH+]=C(N)[C@@]23C#N)OC[C@H](C)O4)cc1. The molecule has 3 N–H and O–H groups in total. The second kappa shape index (κ2) is 4.95. The monoisotopic (exact) mass is 339 g/mol. The lowest BCUT2D eigenvalue weighted by atomic mass is 9.94. The molecule has 1 saturated heterocycles. The van der Waals surface area contributed by atoms with Crippen LogP contribution < -0.4 is 15.5 Å². The van der Waals surface area contributed by atoms with E-state index in [0.717, 1.165) is 11.3 Å². The summed E-state index contributed by atoms with van der Waals surface area (Å²) in [4.78, 5) is 2.95. The smallest absolute Gasteiger partial charge is 0.343 e. The molecule has 5 atom stereocenters. The summed E-state index contributed by atoms with van der Waals surface area (Å²) in [6.07, 6.45) is -0.193. The minimum atomic E-state index is -1.38. The summed E-state index contributed by atoms with van der Waals surface area (Å²) in [7, 11) is 0. The Bertz CT molecular complexity index is 839. The molecule has 1 aromatic carbocycles. The van der Waals surface area contributed by atoms with Gasteiger partial charge in [-0.25, -0.2) is 4.99 Å². The van der Waals surface area contributed by atoms with Crippen LogP contribution in [0.2, 0.25) is 0 Å². The largest absolute Gasteiger partial charge is 0.494 e.